The van der Waals surface area contributed by atoms with Crippen molar-refractivity contribution in [2.45, 2.75) is 57.9 Å². The molecule has 1 heterocycles. The first-order valence-corrected chi connectivity index (χ1v) is 6.51. The molecule has 1 saturated carbocycles. The standard InChI is InChI=1S/C13H23NO/c1-11(15)8-10-14-9-4-6-12-5-2-3-7-13(12)14/h12-13H,2-10H2,1H3/t12-,13-/m1/s1. The minimum atomic E-state index is 0.341. The van der Waals surface area contributed by atoms with Gasteiger partial charge in [-0.15, -0.1) is 0 Å². The first kappa shape index (κ1) is 11.1. The molecule has 0 N–H and O–H groups in total. The predicted octanol–water partition coefficient (Wildman–Crippen LogP) is 2.62. The van der Waals surface area contributed by atoms with Gasteiger partial charge in [-0.1, -0.05) is 12.8 Å². The highest BCUT2D eigenvalue weighted by Crippen LogP contribution is 2.35. The third kappa shape index (κ3) is 2.81. The second-order valence-corrected chi connectivity index (χ2v) is 5.24. The highest BCUT2D eigenvalue weighted by molar-refractivity contribution is 5.75. The first-order chi connectivity index (χ1) is 7.27. The van der Waals surface area contributed by atoms with Gasteiger partial charge in [0.05, 0.1) is 0 Å². The molecular formula is C13H23NO. The number of Topliss-reactive ketones (excluding diaryl/α,β-unsaturated/α-hetero) is 1. The van der Waals surface area contributed by atoms with E-state index in [1.54, 1.807) is 6.92 Å². The van der Waals surface area contributed by atoms with Gasteiger partial charge in [-0.05, 0) is 45.1 Å². The van der Waals surface area contributed by atoms with Crippen molar-refractivity contribution in [3.05, 3.63) is 0 Å². The zero-order chi connectivity index (χ0) is 10.7. The molecule has 1 saturated heterocycles. The number of nitrogens with zero attached hydrogens (tertiary/aromatic N) is 1. The molecule has 15 heavy (non-hydrogen) atoms. The molecule has 0 bridgehead atoms. The zero-order valence-electron chi connectivity index (χ0n) is 9.87. The van der Waals surface area contributed by atoms with Gasteiger partial charge in [-0.25, -0.2) is 0 Å². The second kappa shape index (κ2) is 5.11. The molecule has 86 valence electrons. The Balaban J connectivity index is 1.88. The van der Waals surface area contributed by atoms with Gasteiger partial charge in [0.25, 0.3) is 0 Å². The van der Waals surface area contributed by atoms with Crippen LogP contribution >= 0.6 is 0 Å². The Hall–Kier alpha value is -0.370. The number of rotatable bonds is 3. The number of carbonyl (C=O) groups is 1. The summed E-state index contributed by atoms with van der Waals surface area (Å²) in [6, 6.07) is 0.812. The molecule has 2 heteroatoms. The Morgan fingerprint density at radius 3 is 2.73 bits per heavy atom. The van der Waals surface area contributed by atoms with Gasteiger partial charge in [-0.2, -0.15) is 0 Å². The fraction of sp³-hybridized carbons (Fsp3) is 0.923. The van der Waals surface area contributed by atoms with E-state index in [1.165, 1.54) is 45.1 Å². The summed E-state index contributed by atoms with van der Waals surface area (Å²) in [6.07, 6.45) is 9.17. The lowest BCUT2D eigenvalue weighted by Crippen LogP contribution is -2.47. The van der Waals surface area contributed by atoms with E-state index in [4.69, 9.17) is 0 Å². The van der Waals surface area contributed by atoms with E-state index in [9.17, 15) is 4.79 Å². The van der Waals surface area contributed by atoms with Crippen LogP contribution in [-0.2, 0) is 4.79 Å². The molecule has 0 amide bonds. The van der Waals surface area contributed by atoms with Crippen LogP contribution in [0.1, 0.15) is 51.9 Å². The normalized spacial score (nSPS) is 32.3. The second-order valence-electron chi connectivity index (χ2n) is 5.24. The lowest BCUT2D eigenvalue weighted by Gasteiger charge is -2.44. The van der Waals surface area contributed by atoms with Gasteiger partial charge < -0.3 is 0 Å². The van der Waals surface area contributed by atoms with Crippen LogP contribution in [-0.4, -0.2) is 29.8 Å². The summed E-state index contributed by atoms with van der Waals surface area (Å²) in [4.78, 5) is 13.6. The highest BCUT2D eigenvalue weighted by Gasteiger charge is 2.32. The van der Waals surface area contributed by atoms with Crippen LogP contribution in [0.15, 0.2) is 0 Å². The average Bonchev–Trinajstić information content (AvgIpc) is 2.26. The van der Waals surface area contributed by atoms with Gasteiger partial charge in [0, 0.05) is 19.0 Å². The minimum absolute atomic E-state index is 0.341. The van der Waals surface area contributed by atoms with Crippen LogP contribution < -0.4 is 0 Å². The van der Waals surface area contributed by atoms with Crippen LogP contribution in [0.4, 0.5) is 0 Å². The molecule has 0 radical (unpaired) electrons. The monoisotopic (exact) mass is 209 g/mol. The van der Waals surface area contributed by atoms with E-state index in [2.05, 4.69) is 4.90 Å². The molecule has 0 aromatic rings. The number of carbonyl (C=O) groups excluding carboxylic acids is 1. The topological polar surface area (TPSA) is 20.3 Å². The molecule has 2 aliphatic rings. The first-order valence-electron chi connectivity index (χ1n) is 6.51. The molecule has 0 aromatic heterocycles. The van der Waals surface area contributed by atoms with Crippen LogP contribution in [0.25, 0.3) is 0 Å². The number of fused-ring (bicyclic) bond motifs is 1. The zero-order valence-corrected chi connectivity index (χ0v) is 9.87. The molecule has 0 aromatic carbocycles. The van der Waals surface area contributed by atoms with E-state index < -0.39 is 0 Å². The van der Waals surface area contributed by atoms with Crippen LogP contribution in [0, 0.1) is 5.92 Å². The molecule has 2 atom stereocenters. The van der Waals surface area contributed by atoms with Gasteiger partial charge in [0.15, 0.2) is 0 Å². The summed E-state index contributed by atoms with van der Waals surface area (Å²) >= 11 is 0. The number of hydrogen-bond donors (Lipinski definition) is 0. The molecular weight excluding hydrogens is 186 g/mol. The molecule has 2 rings (SSSR count). The summed E-state index contributed by atoms with van der Waals surface area (Å²) in [5.41, 5.74) is 0. The lowest BCUT2D eigenvalue weighted by molar-refractivity contribution is -0.117. The van der Waals surface area contributed by atoms with Crippen molar-refractivity contribution in [2.24, 2.45) is 5.92 Å². The molecule has 2 nitrogen and oxygen atoms in total. The third-order valence-corrected chi connectivity index (χ3v) is 4.11. The van der Waals surface area contributed by atoms with Crippen LogP contribution in [0.5, 0.6) is 0 Å². The average molecular weight is 209 g/mol. The third-order valence-electron chi connectivity index (χ3n) is 4.11. The SMILES string of the molecule is CC(=O)CCN1CCC[C@H]2CCCC[C@H]21. The van der Waals surface area contributed by atoms with Gasteiger partial charge in [0.2, 0.25) is 0 Å². The van der Waals surface area contributed by atoms with E-state index >= 15 is 0 Å². The maximum absolute atomic E-state index is 11.0. The lowest BCUT2D eigenvalue weighted by atomic mass is 9.78. The Labute approximate surface area is 93.0 Å². The molecule has 0 unspecified atom stereocenters. The maximum Gasteiger partial charge on any atom is 0.131 e. The highest BCUT2D eigenvalue weighted by atomic mass is 16.1. The van der Waals surface area contributed by atoms with Crippen molar-refractivity contribution >= 4 is 5.78 Å². The fourth-order valence-corrected chi connectivity index (χ4v) is 3.31. The van der Waals surface area contributed by atoms with Crippen molar-refractivity contribution in [3.63, 3.8) is 0 Å². The van der Waals surface area contributed by atoms with Crippen molar-refractivity contribution < 1.29 is 4.79 Å². The van der Waals surface area contributed by atoms with Crippen molar-refractivity contribution in [2.75, 3.05) is 13.1 Å². The quantitative estimate of drug-likeness (QED) is 0.712. The van der Waals surface area contributed by atoms with Crippen molar-refractivity contribution in [3.8, 4) is 0 Å². The smallest absolute Gasteiger partial charge is 0.131 e. The summed E-state index contributed by atoms with van der Waals surface area (Å²) < 4.78 is 0. The predicted molar refractivity (Wildman–Crippen MR) is 61.9 cm³/mol. The fourth-order valence-electron chi connectivity index (χ4n) is 3.31. The van der Waals surface area contributed by atoms with Crippen molar-refractivity contribution in [1.82, 2.24) is 4.90 Å². The van der Waals surface area contributed by atoms with E-state index in [1.807, 2.05) is 0 Å². The molecule has 2 fully saturated rings. The number of likely N-dealkylation sites (tertiary alicyclic amines) is 1. The van der Waals surface area contributed by atoms with Crippen LogP contribution in [0.3, 0.4) is 0 Å². The maximum atomic E-state index is 11.0. The Morgan fingerprint density at radius 2 is 1.93 bits per heavy atom. The van der Waals surface area contributed by atoms with E-state index in [-0.39, 0.29) is 0 Å². The van der Waals surface area contributed by atoms with Gasteiger partial charge in [0.1, 0.15) is 5.78 Å². The Kier molecular flexibility index (Phi) is 3.79. The summed E-state index contributed by atoms with van der Waals surface area (Å²) in [5, 5.41) is 0. The number of ketones is 1. The van der Waals surface area contributed by atoms with Gasteiger partial charge >= 0.3 is 0 Å². The molecule has 0 spiro atoms. The number of hydrogen-bond acceptors (Lipinski definition) is 2. The van der Waals surface area contributed by atoms with E-state index in [0.29, 0.717) is 5.78 Å². The summed E-state index contributed by atoms with van der Waals surface area (Å²) in [5.74, 6) is 1.28. The van der Waals surface area contributed by atoms with Gasteiger partial charge in [-0.3, -0.25) is 9.69 Å². The van der Waals surface area contributed by atoms with E-state index in [0.717, 1.165) is 24.9 Å². The number of piperidine rings is 1. The Bertz CT molecular complexity index is 225. The molecule has 1 aliphatic carbocycles. The van der Waals surface area contributed by atoms with Crippen molar-refractivity contribution in [1.29, 1.82) is 0 Å². The largest absolute Gasteiger partial charge is 0.300 e. The van der Waals surface area contributed by atoms with Crippen LogP contribution in [0.2, 0.25) is 0 Å². The Morgan fingerprint density at radius 1 is 1.20 bits per heavy atom. The minimum Gasteiger partial charge on any atom is -0.300 e. The summed E-state index contributed by atoms with van der Waals surface area (Å²) in [7, 11) is 0. The summed E-state index contributed by atoms with van der Waals surface area (Å²) in [6.45, 7) is 3.95. The molecule has 1 aliphatic heterocycles.